The van der Waals surface area contributed by atoms with E-state index in [-0.39, 0.29) is 0 Å². The van der Waals surface area contributed by atoms with Gasteiger partial charge in [0.1, 0.15) is 12.4 Å². The standard InChI is InChI=1S/C16H20BNO3/c19-17(20)16-14-6-2-1-5-13(14)7-8-15(16)21-12-11-18-9-3-4-10-18/h1-2,5-8,19-20H,3-4,9-12H2. The molecule has 2 aromatic rings. The van der Waals surface area contributed by atoms with Crippen LogP contribution in [0.2, 0.25) is 0 Å². The molecule has 0 aromatic heterocycles. The Morgan fingerprint density at radius 2 is 1.81 bits per heavy atom. The van der Waals surface area contributed by atoms with Crippen LogP contribution < -0.4 is 10.2 Å². The van der Waals surface area contributed by atoms with Crippen molar-refractivity contribution >= 4 is 23.4 Å². The van der Waals surface area contributed by atoms with Crippen molar-refractivity contribution in [1.29, 1.82) is 0 Å². The average molecular weight is 285 g/mol. The van der Waals surface area contributed by atoms with Gasteiger partial charge in [-0.2, -0.15) is 0 Å². The van der Waals surface area contributed by atoms with Gasteiger partial charge < -0.3 is 14.8 Å². The molecule has 0 aliphatic carbocycles. The Hall–Kier alpha value is -1.56. The number of fused-ring (bicyclic) bond motifs is 1. The lowest BCUT2D eigenvalue weighted by Gasteiger charge is -2.17. The van der Waals surface area contributed by atoms with Crippen LogP contribution in [0.25, 0.3) is 10.8 Å². The largest absolute Gasteiger partial charge is 0.493 e. The molecule has 1 fully saturated rings. The second-order valence-electron chi connectivity index (χ2n) is 5.47. The van der Waals surface area contributed by atoms with Gasteiger partial charge in [-0.05, 0) is 42.8 Å². The van der Waals surface area contributed by atoms with E-state index in [0.29, 0.717) is 17.8 Å². The van der Waals surface area contributed by atoms with Crippen LogP contribution in [0.3, 0.4) is 0 Å². The summed E-state index contributed by atoms with van der Waals surface area (Å²) in [6, 6.07) is 11.4. The fourth-order valence-corrected chi connectivity index (χ4v) is 2.96. The van der Waals surface area contributed by atoms with Crippen LogP contribution in [-0.2, 0) is 0 Å². The molecule has 1 aliphatic heterocycles. The summed E-state index contributed by atoms with van der Waals surface area (Å²) in [5.41, 5.74) is 0.453. The summed E-state index contributed by atoms with van der Waals surface area (Å²) in [6.45, 7) is 3.72. The number of ether oxygens (including phenoxy) is 1. The van der Waals surface area contributed by atoms with E-state index in [1.165, 1.54) is 12.8 Å². The van der Waals surface area contributed by atoms with Crippen LogP contribution in [0.15, 0.2) is 36.4 Å². The molecular weight excluding hydrogens is 265 g/mol. The minimum Gasteiger partial charge on any atom is -0.493 e. The van der Waals surface area contributed by atoms with E-state index in [9.17, 15) is 10.0 Å². The first-order valence-corrected chi connectivity index (χ1v) is 7.48. The Labute approximate surface area is 125 Å². The molecule has 2 aromatic carbocycles. The Balaban J connectivity index is 1.78. The molecule has 0 bridgehead atoms. The summed E-state index contributed by atoms with van der Waals surface area (Å²) in [6.07, 6.45) is 2.52. The second kappa shape index (κ2) is 6.47. The molecule has 1 aliphatic rings. The fourth-order valence-electron chi connectivity index (χ4n) is 2.96. The van der Waals surface area contributed by atoms with Crippen molar-refractivity contribution in [2.24, 2.45) is 0 Å². The maximum Gasteiger partial charge on any atom is 0.492 e. The third-order valence-corrected chi connectivity index (χ3v) is 4.05. The first-order valence-electron chi connectivity index (χ1n) is 7.48. The molecule has 110 valence electrons. The summed E-state index contributed by atoms with van der Waals surface area (Å²) in [5.74, 6) is 0.558. The average Bonchev–Trinajstić information content (AvgIpc) is 3.00. The molecule has 5 heteroatoms. The van der Waals surface area contributed by atoms with Gasteiger partial charge in [0, 0.05) is 12.0 Å². The van der Waals surface area contributed by atoms with Gasteiger partial charge in [-0.1, -0.05) is 30.3 Å². The van der Waals surface area contributed by atoms with Gasteiger partial charge in [0.25, 0.3) is 0 Å². The summed E-state index contributed by atoms with van der Waals surface area (Å²) >= 11 is 0. The zero-order valence-corrected chi connectivity index (χ0v) is 12.0. The van der Waals surface area contributed by atoms with Gasteiger partial charge in [-0.3, -0.25) is 4.90 Å². The summed E-state index contributed by atoms with van der Waals surface area (Å²) in [4.78, 5) is 2.37. The molecule has 0 atom stereocenters. The van der Waals surface area contributed by atoms with Crippen LogP contribution in [0, 0.1) is 0 Å². The van der Waals surface area contributed by atoms with E-state index in [0.717, 1.165) is 30.4 Å². The van der Waals surface area contributed by atoms with Crippen molar-refractivity contribution in [1.82, 2.24) is 4.90 Å². The maximum absolute atomic E-state index is 9.68. The highest BCUT2D eigenvalue weighted by Crippen LogP contribution is 2.19. The molecule has 4 nitrogen and oxygen atoms in total. The Morgan fingerprint density at radius 3 is 2.57 bits per heavy atom. The molecule has 1 saturated heterocycles. The van der Waals surface area contributed by atoms with Crippen molar-refractivity contribution in [2.75, 3.05) is 26.2 Å². The molecule has 0 radical (unpaired) electrons. The van der Waals surface area contributed by atoms with E-state index < -0.39 is 7.12 Å². The zero-order chi connectivity index (χ0) is 14.7. The SMILES string of the molecule is OB(O)c1c(OCCN2CCCC2)ccc2ccccc12. The van der Waals surface area contributed by atoms with Crippen LogP contribution in [0.1, 0.15) is 12.8 Å². The molecule has 0 spiro atoms. The number of hydrogen-bond acceptors (Lipinski definition) is 4. The smallest absolute Gasteiger partial charge is 0.492 e. The predicted octanol–water partition coefficient (Wildman–Crippen LogP) is 0.994. The van der Waals surface area contributed by atoms with Gasteiger partial charge >= 0.3 is 7.12 Å². The van der Waals surface area contributed by atoms with E-state index in [4.69, 9.17) is 4.74 Å². The summed E-state index contributed by atoms with van der Waals surface area (Å²) in [7, 11) is -1.53. The quantitative estimate of drug-likeness (QED) is 0.805. The minimum atomic E-state index is -1.53. The minimum absolute atomic E-state index is 0.453. The van der Waals surface area contributed by atoms with Crippen LogP contribution in [0.4, 0.5) is 0 Å². The lowest BCUT2D eigenvalue weighted by Crippen LogP contribution is -2.33. The van der Waals surface area contributed by atoms with Crippen molar-refractivity contribution in [3.63, 3.8) is 0 Å². The molecule has 21 heavy (non-hydrogen) atoms. The highest BCUT2D eigenvalue weighted by atomic mass is 16.5. The number of hydrogen-bond donors (Lipinski definition) is 2. The Morgan fingerprint density at radius 1 is 1.05 bits per heavy atom. The van der Waals surface area contributed by atoms with E-state index in [2.05, 4.69) is 4.90 Å². The van der Waals surface area contributed by atoms with Crippen molar-refractivity contribution in [3.05, 3.63) is 36.4 Å². The van der Waals surface area contributed by atoms with E-state index in [1.54, 1.807) is 0 Å². The van der Waals surface area contributed by atoms with Gasteiger partial charge in [-0.15, -0.1) is 0 Å². The molecule has 0 saturated carbocycles. The third kappa shape index (κ3) is 3.21. The normalized spacial score (nSPS) is 15.5. The lowest BCUT2D eigenvalue weighted by molar-refractivity contribution is 0.238. The van der Waals surface area contributed by atoms with Gasteiger partial charge in [0.15, 0.2) is 0 Å². The molecule has 0 amide bonds. The number of nitrogens with zero attached hydrogens (tertiary/aromatic N) is 1. The Bertz CT molecular complexity index is 611. The molecule has 0 unspecified atom stereocenters. The third-order valence-electron chi connectivity index (χ3n) is 4.05. The van der Waals surface area contributed by atoms with Crippen LogP contribution in [-0.4, -0.2) is 48.3 Å². The predicted molar refractivity (Wildman–Crippen MR) is 84.9 cm³/mol. The fraction of sp³-hybridized carbons (Fsp3) is 0.375. The topological polar surface area (TPSA) is 52.9 Å². The van der Waals surface area contributed by atoms with Crippen molar-refractivity contribution in [2.45, 2.75) is 12.8 Å². The van der Waals surface area contributed by atoms with Gasteiger partial charge in [-0.25, -0.2) is 0 Å². The first-order chi connectivity index (χ1) is 10.3. The van der Waals surface area contributed by atoms with Crippen molar-refractivity contribution in [3.8, 4) is 5.75 Å². The second-order valence-corrected chi connectivity index (χ2v) is 5.47. The highest BCUT2D eigenvalue weighted by Gasteiger charge is 2.21. The van der Waals surface area contributed by atoms with E-state index in [1.807, 2.05) is 36.4 Å². The molecule has 1 heterocycles. The lowest BCUT2D eigenvalue weighted by atomic mass is 9.76. The summed E-state index contributed by atoms with van der Waals surface area (Å²) in [5, 5.41) is 21.2. The number of benzene rings is 2. The van der Waals surface area contributed by atoms with Crippen molar-refractivity contribution < 1.29 is 14.8 Å². The highest BCUT2D eigenvalue weighted by molar-refractivity contribution is 6.63. The van der Waals surface area contributed by atoms with Gasteiger partial charge in [0.05, 0.1) is 0 Å². The monoisotopic (exact) mass is 285 g/mol. The molecule has 2 N–H and O–H groups in total. The summed E-state index contributed by atoms with van der Waals surface area (Å²) < 4.78 is 5.81. The Kier molecular flexibility index (Phi) is 4.43. The zero-order valence-electron chi connectivity index (χ0n) is 12.0. The van der Waals surface area contributed by atoms with Crippen LogP contribution >= 0.6 is 0 Å². The number of likely N-dealkylation sites (tertiary alicyclic amines) is 1. The first kappa shape index (κ1) is 14.4. The van der Waals surface area contributed by atoms with Crippen LogP contribution in [0.5, 0.6) is 5.75 Å². The number of rotatable bonds is 5. The molecule has 3 rings (SSSR count). The molecular formula is C16H20BNO3. The van der Waals surface area contributed by atoms with E-state index >= 15 is 0 Å². The maximum atomic E-state index is 9.68. The van der Waals surface area contributed by atoms with Gasteiger partial charge in [0.2, 0.25) is 0 Å².